The van der Waals surface area contributed by atoms with E-state index in [9.17, 15) is 4.79 Å². The third-order valence-corrected chi connectivity index (χ3v) is 4.19. The van der Waals surface area contributed by atoms with Gasteiger partial charge < -0.3 is 5.32 Å². The molecule has 2 heterocycles. The molecule has 1 saturated heterocycles. The van der Waals surface area contributed by atoms with Crippen molar-refractivity contribution in [3.05, 3.63) is 16.9 Å². The molecule has 0 amide bonds. The highest BCUT2D eigenvalue weighted by molar-refractivity contribution is 6.34. The van der Waals surface area contributed by atoms with Crippen LogP contribution in [-0.4, -0.2) is 52.2 Å². The molecule has 5 nitrogen and oxygen atoms in total. The maximum Gasteiger partial charge on any atom is 0.202 e. The van der Waals surface area contributed by atoms with E-state index in [0.29, 0.717) is 10.7 Å². The number of halogens is 1. The van der Waals surface area contributed by atoms with Gasteiger partial charge in [0.25, 0.3) is 0 Å². The maximum atomic E-state index is 13.0. The van der Waals surface area contributed by atoms with Crippen molar-refractivity contribution in [3.63, 3.8) is 0 Å². The van der Waals surface area contributed by atoms with Gasteiger partial charge in [-0.1, -0.05) is 11.6 Å². The van der Waals surface area contributed by atoms with E-state index in [1.165, 1.54) is 0 Å². The van der Waals surface area contributed by atoms with Crippen LogP contribution in [0.4, 0.5) is 0 Å². The predicted octanol–water partition coefficient (Wildman–Crippen LogP) is 1.98. The smallest absolute Gasteiger partial charge is 0.202 e. The first kappa shape index (κ1) is 15.5. The van der Waals surface area contributed by atoms with Crippen LogP contribution >= 0.6 is 11.6 Å². The van der Waals surface area contributed by atoms with Crippen LogP contribution in [0.5, 0.6) is 0 Å². The van der Waals surface area contributed by atoms with E-state index in [1.807, 2.05) is 27.7 Å². The Kier molecular flexibility index (Phi) is 4.52. The summed E-state index contributed by atoms with van der Waals surface area (Å²) in [5, 5.41) is 7.97. The monoisotopic (exact) mass is 298 g/mol. The van der Waals surface area contributed by atoms with E-state index in [4.69, 9.17) is 11.6 Å². The fourth-order valence-corrected chi connectivity index (χ4v) is 2.82. The lowest BCUT2D eigenvalue weighted by Gasteiger charge is -2.40. The molecular weight excluding hydrogens is 276 g/mol. The Morgan fingerprint density at radius 2 is 2.00 bits per heavy atom. The number of piperazine rings is 1. The second-order valence-electron chi connectivity index (χ2n) is 6.00. The largest absolute Gasteiger partial charge is 0.314 e. The van der Waals surface area contributed by atoms with E-state index in [0.717, 1.165) is 26.2 Å². The number of rotatable bonds is 4. The van der Waals surface area contributed by atoms with Crippen LogP contribution in [0.1, 0.15) is 44.2 Å². The Bertz CT molecular complexity index is 489. The molecule has 1 N–H and O–H groups in total. The highest BCUT2D eigenvalue weighted by atomic mass is 35.5. The Morgan fingerprint density at radius 1 is 1.40 bits per heavy atom. The summed E-state index contributed by atoms with van der Waals surface area (Å²) in [6, 6.07) is 0.111. The first-order chi connectivity index (χ1) is 9.35. The summed E-state index contributed by atoms with van der Waals surface area (Å²) in [4.78, 5) is 15.2. The first-order valence-corrected chi connectivity index (χ1v) is 7.47. The highest BCUT2D eigenvalue weighted by Crippen LogP contribution is 2.27. The topological polar surface area (TPSA) is 50.2 Å². The van der Waals surface area contributed by atoms with E-state index in [-0.39, 0.29) is 11.8 Å². The fraction of sp³-hybridized carbons (Fsp3) is 0.714. The molecule has 0 aromatic carbocycles. The van der Waals surface area contributed by atoms with Crippen LogP contribution in [0, 0.1) is 0 Å². The molecule has 112 valence electrons. The first-order valence-electron chi connectivity index (χ1n) is 7.09. The summed E-state index contributed by atoms with van der Waals surface area (Å²) in [6.07, 6.45) is 1.56. The normalized spacial score (nSPS) is 17.7. The minimum Gasteiger partial charge on any atom is -0.314 e. The zero-order chi connectivity index (χ0) is 14.9. The Labute approximate surface area is 125 Å². The Morgan fingerprint density at radius 3 is 2.55 bits per heavy atom. The molecule has 1 aliphatic rings. The number of nitrogens with one attached hydrogen (secondary N) is 1. The average molecular weight is 299 g/mol. The quantitative estimate of drug-likeness (QED) is 0.864. The molecule has 0 aliphatic carbocycles. The molecule has 0 bridgehead atoms. The van der Waals surface area contributed by atoms with E-state index in [1.54, 1.807) is 10.9 Å². The van der Waals surface area contributed by atoms with Gasteiger partial charge in [-0.2, -0.15) is 5.10 Å². The second kappa shape index (κ2) is 5.84. The van der Waals surface area contributed by atoms with Gasteiger partial charge >= 0.3 is 0 Å². The van der Waals surface area contributed by atoms with E-state index < -0.39 is 5.54 Å². The van der Waals surface area contributed by atoms with Crippen molar-refractivity contribution in [1.82, 2.24) is 20.0 Å². The second-order valence-corrected chi connectivity index (χ2v) is 6.41. The number of nitrogens with zero attached hydrogens (tertiary/aromatic N) is 3. The summed E-state index contributed by atoms with van der Waals surface area (Å²) < 4.78 is 1.72. The van der Waals surface area contributed by atoms with Crippen LogP contribution in [-0.2, 0) is 0 Å². The van der Waals surface area contributed by atoms with E-state index >= 15 is 0 Å². The molecule has 0 unspecified atom stereocenters. The summed E-state index contributed by atoms with van der Waals surface area (Å²) in [5.74, 6) is 0.0376. The van der Waals surface area contributed by atoms with Gasteiger partial charge in [-0.25, -0.2) is 0 Å². The zero-order valence-electron chi connectivity index (χ0n) is 12.6. The van der Waals surface area contributed by atoms with Crippen molar-refractivity contribution in [2.24, 2.45) is 0 Å². The number of hydrogen-bond acceptors (Lipinski definition) is 4. The molecule has 1 aromatic rings. The molecule has 20 heavy (non-hydrogen) atoms. The van der Waals surface area contributed by atoms with Crippen molar-refractivity contribution in [2.45, 2.75) is 39.3 Å². The van der Waals surface area contributed by atoms with Gasteiger partial charge in [0.05, 0.1) is 16.8 Å². The predicted molar refractivity (Wildman–Crippen MR) is 80.5 cm³/mol. The molecular formula is C14H23ClN4O. The third-order valence-electron chi connectivity index (χ3n) is 3.92. The van der Waals surface area contributed by atoms with Gasteiger partial charge in [-0.3, -0.25) is 14.4 Å². The van der Waals surface area contributed by atoms with Crippen molar-refractivity contribution < 1.29 is 4.79 Å². The standard InChI is InChI=1S/C14H23ClN4O/c1-10(2)19-12(11(15)9-17-19)13(20)14(3,4)18-7-5-16-6-8-18/h9-10,16H,5-8H2,1-4H3. The summed E-state index contributed by atoms with van der Waals surface area (Å²) in [6.45, 7) is 11.5. The molecule has 0 atom stereocenters. The molecule has 6 heteroatoms. The fourth-order valence-electron chi connectivity index (χ4n) is 2.60. The van der Waals surface area contributed by atoms with Crippen molar-refractivity contribution in [1.29, 1.82) is 0 Å². The number of Topliss-reactive ketones (excluding diaryl/α,β-unsaturated/α-hetero) is 1. The van der Waals surface area contributed by atoms with Crippen LogP contribution in [0.3, 0.4) is 0 Å². The molecule has 0 spiro atoms. The van der Waals surface area contributed by atoms with Crippen molar-refractivity contribution in [2.75, 3.05) is 26.2 Å². The van der Waals surface area contributed by atoms with Crippen molar-refractivity contribution >= 4 is 17.4 Å². The minimum absolute atomic E-state index is 0.0376. The lowest BCUT2D eigenvalue weighted by Crippen LogP contribution is -2.57. The van der Waals surface area contributed by atoms with Crippen LogP contribution in [0.15, 0.2) is 6.20 Å². The van der Waals surface area contributed by atoms with Gasteiger partial charge in [-0.05, 0) is 27.7 Å². The number of aromatic nitrogens is 2. The highest BCUT2D eigenvalue weighted by Gasteiger charge is 2.38. The number of carbonyl (C=O) groups is 1. The van der Waals surface area contributed by atoms with Crippen molar-refractivity contribution in [3.8, 4) is 0 Å². The van der Waals surface area contributed by atoms with Crippen LogP contribution in [0.2, 0.25) is 5.02 Å². The molecule has 1 aromatic heterocycles. The van der Waals surface area contributed by atoms with Gasteiger partial charge in [-0.15, -0.1) is 0 Å². The number of ketones is 1. The zero-order valence-corrected chi connectivity index (χ0v) is 13.4. The Balaban J connectivity index is 2.32. The molecule has 1 fully saturated rings. The van der Waals surface area contributed by atoms with Gasteiger partial charge in [0.15, 0.2) is 0 Å². The minimum atomic E-state index is -0.571. The number of carbonyl (C=O) groups excluding carboxylic acids is 1. The molecule has 2 rings (SSSR count). The summed E-state index contributed by atoms with van der Waals surface area (Å²) >= 11 is 6.19. The summed E-state index contributed by atoms with van der Waals surface area (Å²) in [7, 11) is 0. The number of hydrogen-bond donors (Lipinski definition) is 1. The SMILES string of the molecule is CC(C)n1ncc(Cl)c1C(=O)C(C)(C)N1CCNCC1. The lowest BCUT2D eigenvalue weighted by atomic mass is 9.93. The van der Waals surface area contributed by atoms with Gasteiger partial charge in [0, 0.05) is 32.2 Å². The third kappa shape index (κ3) is 2.75. The van der Waals surface area contributed by atoms with Crippen LogP contribution in [0.25, 0.3) is 0 Å². The molecule has 1 aliphatic heterocycles. The average Bonchev–Trinajstić information content (AvgIpc) is 2.80. The summed E-state index contributed by atoms with van der Waals surface area (Å²) in [5.41, 5.74) is -0.0523. The maximum absolute atomic E-state index is 13.0. The van der Waals surface area contributed by atoms with Crippen LogP contribution < -0.4 is 5.32 Å². The van der Waals surface area contributed by atoms with E-state index in [2.05, 4.69) is 15.3 Å². The Hall–Kier alpha value is -0.910. The van der Waals surface area contributed by atoms with Gasteiger partial charge in [0.2, 0.25) is 5.78 Å². The molecule has 0 saturated carbocycles. The van der Waals surface area contributed by atoms with Gasteiger partial charge in [0.1, 0.15) is 5.69 Å². The molecule has 0 radical (unpaired) electrons. The lowest BCUT2D eigenvalue weighted by molar-refractivity contribution is 0.0590.